The van der Waals surface area contributed by atoms with E-state index in [9.17, 15) is 0 Å². The first-order valence-electron chi connectivity index (χ1n) is 13.2. The summed E-state index contributed by atoms with van der Waals surface area (Å²) in [6.07, 6.45) is 13.8. The van der Waals surface area contributed by atoms with E-state index in [-0.39, 0.29) is 0 Å². The van der Waals surface area contributed by atoms with Gasteiger partial charge in [0.2, 0.25) is 0 Å². The lowest BCUT2D eigenvalue weighted by atomic mass is 9.50. The number of hydrogen-bond acceptors (Lipinski definition) is 0. The Morgan fingerprint density at radius 3 is 2.47 bits per heavy atom. The Labute approximate surface area is 205 Å². The molecule has 0 aromatic heterocycles. The lowest BCUT2D eigenvalue weighted by molar-refractivity contribution is 0.00900. The highest BCUT2D eigenvalue weighted by atomic mass is 14.5. The van der Waals surface area contributed by atoms with Crippen LogP contribution in [0.1, 0.15) is 85.3 Å². The van der Waals surface area contributed by atoms with Crippen molar-refractivity contribution in [3.8, 4) is 11.1 Å². The molecule has 0 amide bonds. The summed E-state index contributed by atoms with van der Waals surface area (Å²) < 4.78 is 0. The molecule has 0 heteroatoms. The first-order chi connectivity index (χ1) is 16.5. The highest BCUT2D eigenvalue weighted by molar-refractivity contribution is 5.80. The van der Waals surface area contributed by atoms with Crippen LogP contribution in [0.4, 0.5) is 0 Å². The van der Waals surface area contributed by atoms with Gasteiger partial charge in [-0.3, -0.25) is 0 Å². The lowest BCUT2D eigenvalue weighted by Gasteiger charge is -2.54. The number of hydrogen-bond donors (Lipinski definition) is 0. The van der Waals surface area contributed by atoms with Crippen molar-refractivity contribution in [1.82, 2.24) is 0 Å². The van der Waals surface area contributed by atoms with Gasteiger partial charge in [0.15, 0.2) is 0 Å². The van der Waals surface area contributed by atoms with E-state index in [0.717, 1.165) is 18.8 Å². The van der Waals surface area contributed by atoms with Crippen LogP contribution in [0.2, 0.25) is 0 Å². The molecule has 2 fully saturated rings. The van der Waals surface area contributed by atoms with Gasteiger partial charge in [0.05, 0.1) is 0 Å². The Morgan fingerprint density at radius 2 is 1.76 bits per heavy atom. The van der Waals surface area contributed by atoms with Gasteiger partial charge in [-0.2, -0.15) is 0 Å². The molecule has 0 unspecified atom stereocenters. The van der Waals surface area contributed by atoms with Gasteiger partial charge >= 0.3 is 0 Å². The zero-order valence-corrected chi connectivity index (χ0v) is 20.7. The third kappa shape index (κ3) is 3.88. The SMILES string of the molecule is C=C(c1ccc(Cc2cc(-c3cccc4c3C=CC4)cc(C3CC4(CCC4)C3)c2)cc1)C(C)C. The molecule has 6 rings (SSSR count). The average Bonchev–Trinajstić information content (AvgIpc) is 3.26. The van der Waals surface area contributed by atoms with Crippen molar-refractivity contribution >= 4 is 11.6 Å². The Morgan fingerprint density at radius 1 is 0.971 bits per heavy atom. The third-order valence-corrected chi connectivity index (χ3v) is 8.82. The largest absolute Gasteiger partial charge is 0.0950 e. The summed E-state index contributed by atoms with van der Waals surface area (Å²) in [4.78, 5) is 0. The molecular weight excluding hydrogens is 408 g/mol. The Bertz CT molecular complexity index is 1260. The maximum absolute atomic E-state index is 4.28. The van der Waals surface area contributed by atoms with E-state index in [1.807, 2.05) is 0 Å². The van der Waals surface area contributed by atoms with Crippen LogP contribution in [0.15, 0.2) is 73.3 Å². The van der Waals surface area contributed by atoms with Crippen LogP contribution in [-0.2, 0) is 12.8 Å². The van der Waals surface area contributed by atoms with Crippen LogP contribution in [0.5, 0.6) is 0 Å². The molecule has 0 heterocycles. The smallest absolute Gasteiger partial charge is 0.00254 e. The molecule has 172 valence electrons. The highest BCUT2D eigenvalue weighted by Gasteiger charge is 2.48. The normalized spacial score (nSPS) is 18.1. The molecule has 1 spiro atoms. The fraction of sp³-hybridized carbons (Fsp3) is 0.353. The maximum Gasteiger partial charge on any atom is -0.00254 e. The summed E-state index contributed by atoms with van der Waals surface area (Å²) >= 11 is 0. The summed E-state index contributed by atoms with van der Waals surface area (Å²) in [6, 6.07) is 23.4. The zero-order valence-electron chi connectivity index (χ0n) is 20.7. The van der Waals surface area contributed by atoms with Crippen LogP contribution in [0.25, 0.3) is 22.8 Å². The third-order valence-electron chi connectivity index (χ3n) is 8.82. The lowest BCUT2D eigenvalue weighted by Crippen LogP contribution is -2.41. The van der Waals surface area contributed by atoms with Gasteiger partial charge in [-0.1, -0.05) is 99.7 Å². The zero-order chi connectivity index (χ0) is 23.3. The van der Waals surface area contributed by atoms with E-state index in [1.54, 1.807) is 5.56 Å². The van der Waals surface area contributed by atoms with Crippen LogP contribution in [0.3, 0.4) is 0 Å². The minimum Gasteiger partial charge on any atom is -0.0950 e. The molecule has 0 atom stereocenters. The fourth-order valence-electron chi connectivity index (χ4n) is 6.47. The van der Waals surface area contributed by atoms with Crippen LogP contribution >= 0.6 is 0 Å². The molecule has 0 bridgehead atoms. The molecule has 0 aliphatic heterocycles. The predicted octanol–water partition coefficient (Wildman–Crippen LogP) is 9.23. The van der Waals surface area contributed by atoms with Gasteiger partial charge in [-0.15, -0.1) is 0 Å². The number of fused-ring (bicyclic) bond motifs is 1. The van der Waals surface area contributed by atoms with Gasteiger partial charge < -0.3 is 0 Å². The van der Waals surface area contributed by atoms with Gasteiger partial charge in [-0.05, 0) is 106 Å². The van der Waals surface area contributed by atoms with E-state index in [4.69, 9.17) is 0 Å². The number of benzene rings is 3. The highest BCUT2D eigenvalue weighted by Crippen LogP contribution is 2.62. The quantitative estimate of drug-likeness (QED) is 0.355. The molecule has 34 heavy (non-hydrogen) atoms. The second kappa shape index (κ2) is 8.42. The molecule has 3 aliphatic rings. The molecule has 3 aromatic rings. The van der Waals surface area contributed by atoms with Crippen molar-refractivity contribution in [1.29, 1.82) is 0 Å². The second-order valence-electron chi connectivity index (χ2n) is 11.5. The Kier molecular flexibility index (Phi) is 5.36. The topological polar surface area (TPSA) is 0 Å². The van der Waals surface area contributed by atoms with E-state index < -0.39 is 0 Å². The van der Waals surface area contributed by atoms with Gasteiger partial charge in [0.1, 0.15) is 0 Å². The molecule has 3 aliphatic carbocycles. The first-order valence-corrected chi connectivity index (χ1v) is 13.2. The van der Waals surface area contributed by atoms with Crippen molar-refractivity contribution in [2.75, 3.05) is 0 Å². The van der Waals surface area contributed by atoms with Gasteiger partial charge in [-0.25, -0.2) is 0 Å². The standard InChI is InChI=1S/C34H36/c1-23(2)24(3)27-13-11-25(12-14-27)17-26-18-29(31-21-34(22-31)15-6-16-34)20-30(19-26)33-10-5-8-28-7-4-9-32(28)33/h4-5,8-14,18-20,23,31H,3,6-7,15-17,21-22H2,1-2H3. The fourth-order valence-corrected chi connectivity index (χ4v) is 6.47. The van der Waals surface area contributed by atoms with E-state index >= 15 is 0 Å². The minimum absolute atomic E-state index is 0.480. The second-order valence-corrected chi connectivity index (χ2v) is 11.5. The maximum atomic E-state index is 4.28. The molecule has 0 N–H and O–H groups in total. The molecule has 0 radical (unpaired) electrons. The van der Waals surface area contributed by atoms with Gasteiger partial charge in [0, 0.05) is 0 Å². The molecule has 0 nitrogen and oxygen atoms in total. The van der Waals surface area contributed by atoms with E-state index in [2.05, 4.69) is 93.2 Å². The average molecular weight is 445 g/mol. The Hall–Kier alpha value is -2.86. The Balaban J connectivity index is 1.33. The summed E-state index contributed by atoms with van der Waals surface area (Å²) in [5, 5.41) is 0. The molecule has 0 saturated heterocycles. The molecule has 2 saturated carbocycles. The summed E-state index contributed by atoms with van der Waals surface area (Å²) in [5.74, 6) is 1.22. The van der Waals surface area contributed by atoms with Crippen molar-refractivity contribution in [2.24, 2.45) is 11.3 Å². The van der Waals surface area contributed by atoms with Crippen molar-refractivity contribution < 1.29 is 0 Å². The molecule has 3 aromatic carbocycles. The van der Waals surface area contributed by atoms with E-state index in [0.29, 0.717) is 11.3 Å². The van der Waals surface area contributed by atoms with Crippen LogP contribution in [-0.4, -0.2) is 0 Å². The van der Waals surface area contributed by atoms with Crippen LogP contribution < -0.4 is 0 Å². The first kappa shape index (κ1) is 21.7. The monoisotopic (exact) mass is 444 g/mol. The number of rotatable bonds is 6. The predicted molar refractivity (Wildman–Crippen MR) is 146 cm³/mol. The minimum atomic E-state index is 0.480. The molecular formula is C34H36. The number of allylic oxidation sites excluding steroid dienone is 2. The van der Waals surface area contributed by atoms with Gasteiger partial charge in [0.25, 0.3) is 0 Å². The van der Waals surface area contributed by atoms with Crippen molar-refractivity contribution in [3.63, 3.8) is 0 Å². The van der Waals surface area contributed by atoms with Crippen LogP contribution in [0, 0.1) is 11.3 Å². The summed E-state index contributed by atoms with van der Waals surface area (Å²) in [5.41, 5.74) is 13.3. The summed E-state index contributed by atoms with van der Waals surface area (Å²) in [7, 11) is 0. The van der Waals surface area contributed by atoms with E-state index in [1.165, 1.54) is 76.6 Å². The summed E-state index contributed by atoms with van der Waals surface area (Å²) in [6.45, 7) is 8.71. The van der Waals surface area contributed by atoms with Crippen molar-refractivity contribution in [2.45, 2.75) is 64.7 Å². The van der Waals surface area contributed by atoms with Crippen molar-refractivity contribution in [3.05, 3.63) is 107 Å².